The molecule has 8 nitrogen and oxygen atoms in total. The van der Waals surface area contributed by atoms with Crippen LogP contribution in [0, 0.1) is 0 Å². The average molecular weight is 479 g/mol. The maximum absolute atomic E-state index is 6.56. The van der Waals surface area contributed by atoms with Crippen molar-refractivity contribution in [2.24, 2.45) is 0 Å². The molecular formula is C25H42BNO7. The molecule has 2 saturated heterocycles. The van der Waals surface area contributed by atoms with Crippen LogP contribution in [0.25, 0.3) is 0 Å². The molecule has 2 fully saturated rings. The highest BCUT2D eigenvalue weighted by Gasteiger charge is 2.63. The largest absolute Gasteiger partial charge is 0.588 e. The standard InChI is InChI=1S/C25H42BNO7/c1-16(2)27(17(3)4)23-31-21(26(32-23)33-24(5,6)25(7,8)34-26)13-12-18-14-19(28-9)22(30-11)20(15-18)29-10/h14-17,21H,12-13H2,1-11H3/t21-/m1/s1. The first-order valence-electron chi connectivity index (χ1n) is 12.1. The molecular weight excluding hydrogens is 437 g/mol. The van der Waals surface area contributed by atoms with Crippen molar-refractivity contribution in [3.8, 4) is 17.2 Å². The van der Waals surface area contributed by atoms with Crippen molar-refractivity contribution in [1.82, 2.24) is 0 Å². The van der Waals surface area contributed by atoms with Gasteiger partial charge >= 0.3 is 12.8 Å². The van der Waals surface area contributed by atoms with E-state index in [1.54, 1.807) is 21.3 Å². The number of hydrogen-bond donors (Lipinski definition) is 0. The number of ether oxygens (including phenoxy) is 4. The maximum atomic E-state index is 6.56. The zero-order valence-corrected chi connectivity index (χ0v) is 22.7. The number of hydrogen-bond acceptors (Lipinski definition) is 7. The van der Waals surface area contributed by atoms with Gasteiger partial charge in [-0.05, 0) is 85.9 Å². The zero-order chi connectivity index (χ0) is 25.5. The molecule has 0 aromatic heterocycles. The third-order valence-corrected chi connectivity index (χ3v) is 7.11. The number of aryl methyl sites for hydroxylation is 1. The molecule has 1 aromatic rings. The first kappa shape index (κ1) is 26.5. The summed E-state index contributed by atoms with van der Waals surface area (Å²) in [5.74, 6) is 1.81. The molecule has 0 bridgehead atoms. The smallest absolute Gasteiger partial charge is 0.500 e. The highest BCUT2D eigenvalue weighted by Crippen LogP contribution is 2.47. The lowest BCUT2D eigenvalue weighted by Gasteiger charge is -2.36. The monoisotopic (exact) mass is 479 g/mol. The number of nitrogens with zero attached hydrogens (tertiary/aromatic N) is 1. The zero-order valence-electron chi connectivity index (χ0n) is 22.7. The molecule has 34 heavy (non-hydrogen) atoms. The maximum Gasteiger partial charge on any atom is 0.500 e. The van der Waals surface area contributed by atoms with E-state index in [0.29, 0.717) is 36.2 Å². The second kappa shape index (κ2) is 9.49. The van der Waals surface area contributed by atoms with Gasteiger partial charge in [0, 0.05) is 11.2 Å². The predicted molar refractivity (Wildman–Crippen MR) is 132 cm³/mol. The summed E-state index contributed by atoms with van der Waals surface area (Å²) in [7, 11) is 4.83. The molecule has 0 unspecified atom stereocenters. The van der Waals surface area contributed by atoms with Crippen molar-refractivity contribution in [3.05, 3.63) is 17.7 Å². The van der Waals surface area contributed by atoms with Crippen LogP contribution in [0.15, 0.2) is 12.1 Å². The fourth-order valence-corrected chi connectivity index (χ4v) is 4.78. The molecule has 0 radical (unpaired) electrons. The molecule has 1 atom stereocenters. The SMILES string of the molecule is COc1cc(CC[C@H]2OC(=[N+](C(C)C)C(C)C)O[B-]23OC(C)(C)C(C)(C)O3)cc(OC)c1OC. The van der Waals surface area contributed by atoms with Crippen molar-refractivity contribution in [1.29, 1.82) is 0 Å². The van der Waals surface area contributed by atoms with Gasteiger partial charge < -0.3 is 32.9 Å². The molecule has 192 valence electrons. The lowest BCUT2D eigenvalue weighted by molar-refractivity contribution is -0.600. The summed E-state index contributed by atoms with van der Waals surface area (Å²) >= 11 is 0. The highest BCUT2D eigenvalue weighted by atomic mass is 16.9. The Bertz CT molecular complexity index is 875. The lowest BCUT2D eigenvalue weighted by Crippen LogP contribution is -2.50. The van der Waals surface area contributed by atoms with Gasteiger partial charge in [0.25, 0.3) is 0 Å². The van der Waals surface area contributed by atoms with E-state index >= 15 is 0 Å². The third-order valence-electron chi connectivity index (χ3n) is 7.11. The van der Waals surface area contributed by atoms with Crippen molar-refractivity contribution >= 4 is 12.8 Å². The van der Waals surface area contributed by atoms with Crippen LogP contribution in [0.4, 0.5) is 0 Å². The van der Waals surface area contributed by atoms with E-state index < -0.39 is 24.0 Å². The quantitative estimate of drug-likeness (QED) is 0.406. The van der Waals surface area contributed by atoms with Gasteiger partial charge in [0.05, 0.1) is 27.3 Å². The topological polar surface area (TPSA) is 67.6 Å². The van der Waals surface area contributed by atoms with Gasteiger partial charge in [-0.25, -0.2) is 0 Å². The summed E-state index contributed by atoms with van der Waals surface area (Å²) < 4.78 is 44.7. The van der Waals surface area contributed by atoms with Gasteiger partial charge in [-0.15, -0.1) is 0 Å². The Morgan fingerprint density at radius 3 is 1.79 bits per heavy atom. The lowest BCUT2D eigenvalue weighted by atomic mass is 9.69. The fraction of sp³-hybridized carbons (Fsp3) is 0.720. The fourth-order valence-electron chi connectivity index (χ4n) is 4.78. The van der Waals surface area contributed by atoms with E-state index in [-0.39, 0.29) is 12.1 Å². The molecule has 0 saturated carbocycles. The summed E-state index contributed by atoms with van der Waals surface area (Å²) in [6, 6.07) is 3.90. The minimum atomic E-state index is -2.17. The van der Waals surface area contributed by atoms with Crippen LogP contribution >= 0.6 is 0 Å². The van der Waals surface area contributed by atoms with Crippen molar-refractivity contribution in [2.75, 3.05) is 21.3 Å². The summed E-state index contributed by atoms with van der Waals surface area (Å²) in [5.41, 5.74) is -0.0626. The van der Waals surface area contributed by atoms with E-state index in [1.807, 2.05) is 39.8 Å². The second-order valence-corrected chi connectivity index (χ2v) is 10.7. The van der Waals surface area contributed by atoms with Crippen LogP contribution in [-0.4, -0.2) is 68.0 Å². The van der Waals surface area contributed by atoms with Gasteiger partial charge in [-0.1, -0.05) is 0 Å². The summed E-state index contributed by atoms with van der Waals surface area (Å²) in [6.07, 6.45) is 1.77. The van der Waals surface area contributed by atoms with E-state index in [1.165, 1.54) is 0 Å². The van der Waals surface area contributed by atoms with Gasteiger partial charge in [-0.3, -0.25) is 0 Å². The summed E-state index contributed by atoms with van der Waals surface area (Å²) in [5, 5.41) is 0. The van der Waals surface area contributed by atoms with E-state index in [2.05, 4.69) is 32.3 Å². The molecule has 0 amide bonds. The Balaban J connectivity index is 1.96. The molecule has 3 rings (SSSR count). The molecule has 2 aliphatic heterocycles. The Labute approximate surface area is 204 Å². The van der Waals surface area contributed by atoms with Crippen LogP contribution in [0.3, 0.4) is 0 Å². The summed E-state index contributed by atoms with van der Waals surface area (Å²) in [6.45, 7) is 14.4. The van der Waals surface area contributed by atoms with Crippen LogP contribution in [-0.2, 0) is 25.1 Å². The third kappa shape index (κ3) is 4.69. The van der Waals surface area contributed by atoms with Crippen LogP contribution in [0.1, 0.15) is 67.4 Å². The highest BCUT2D eigenvalue weighted by molar-refractivity contribution is 6.66. The molecule has 0 N–H and O–H groups in total. The van der Waals surface area contributed by atoms with E-state index in [4.69, 9.17) is 32.9 Å². The van der Waals surface area contributed by atoms with Gasteiger partial charge in [-0.2, -0.15) is 4.58 Å². The molecule has 0 aliphatic carbocycles. The number of benzene rings is 1. The first-order valence-corrected chi connectivity index (χ1v) is 12.1. The van der Waals surface area contributed by atoms with Gasteiger partial charge in [0.15, 0.2) is 23.6 Å². The van der Waals surface area contributed by atoms with Crippen LogP contribution in [0.5, 0.6) is 17.2 Å². The van der Waals surface area contributed by atoms with Crippen molar-refractivity contribution < 1.29 is 37.5 Å². The van der Waals surface area contributed by atoms with Crippen molar-refractivity contribution in [2.45, 2.75) is 97.5 Å². The minimum absolute atomic E-state index is 0.194. The van der Waals surface area contributed by atoms with Gasteiger partial charge in [0.2, 0.25) is 5.75 Å². The second-order valence-electron chi connectivity index (χ2n) is 10.7. The van der Waals surface area contributed by atoms with Crippen LogP contribution in [0.2, 0.25) is 0 Å². The van der Waals surface area contributed by atoms with E-state index in [9.17, 15) is 0 Å². The number of rotatable bonds is 8. The average Bonchev–Trinajstić information content (AvgIpc) is 3.14. The minimum Gasteiger partial charge on any atom is -0.588 e. The normalized spacial score (nSPS) is 22.1. The Morgan fingerprint density at radius 1 is 0.882 bits per heavy atom. The first-order chi connectivity index (χ1) is 15.8. The molecule has 2 aliphatic rings. The predicted octanol–water partition coefficient (Wildman–Crippen LogP) is 4.33. The molecule has 9 heteroatoms. The van der Waals surface area contributed by atoms with E-state index in [0.717, 1.165) is 5.56 Å². The Hall–Kier alpha value is -2.13. The summed E-state index contributed by atoms with van der Waals surface area (Å²) in [4.78, 5) is 0. The Morgan fingerprint density at radius 2 is 1.38 bits per heavy atom. The molecule has 1 aromatic carbocycles. The van der Waals surface area contributed by atoms with Crippen molar-refractivity contribution in [3.63, 3.8) is 0 Å². The molecule has 1 spiro atoms. The van der Waals surface area contributed by atoms with Gasteiger partial charge in [0.1, 0.15) is 0 Å². The number of methoxy groups -OCH3 is 3. The molecule has 2 heterocycles. The van der Waals surface area contributed by atoms with Crippen LogP contribution < -0.4 is 14.2 Å². The Kier molecular flexibility index (Phi) is 7.39.